The molecule has 0 bridgehead atoms. The van der Waals surface area contributed by atoms with Gasteiger partial charge in [0.15, 0.2) is 5.65 Å². The molecule has 2 fully saturated rings. The Balaban J connectivity index is 1.54. The molecule has 1 aliphatic heterocycles. The molecular formula is C22H24N8O. The zero-order valence-electron chi connectivity index (χ0n) is 17.5. The van der Waals surface area contributed by atoms with Crippen molar-refractivity contribution in [1.29, 1.82) is 0 Å². The van der Waals surface area contributed by atoms with Crippen molar-refractivity contribution in [3.63, 3.8) is 0 Å². The van der Waals surface area contributed by atoms with E-state index in [1.54, 1.807) is 0 Å². The Labute approximate surface area is 179 Å². The van der Waals surface area contributed by atoms with Gasteiger partial charge in [0.1, 0.15) is 29.3 Å². The molecule has 0 aromatic carbocycles. The Morgan fingerprint density at radius 2 is 1.94 bits per heavy atom. The molecule has 31 heavy (non-hydrogen) atoms. The molecular weight excluding hydrogens is 392 g/mol. The summed E-state index contributed by atoms with van der Waals surface area (Å²) in [7, 11) is 0. The lowest BCUT2D eigenvalue weighted by Gasteiger charge is -2.27. The molecule has 1 aliphatic carbocycles. The summed E-state index contributed by atoms with van der Waals surface area (Å²) in [6, 6.07) is 4.33. The largest absolute Gasteiger partial charge is 0.383 e. The van der Waals surface area contributed by atoms with Gasteiger partial charge >= 0.3 is 0 Å². The summed E-state index contributed by atoms with van der Waals surface area (Å²) in [6.07, 6.45) is 5.63. The van der Waals surface area contributed by atoms with Gasteiger partial charge in [-0.2, -0.15) is 5.10 Å². The molecule has 1 saturated heterocycles. The maximum atomic E-state index is 6.27. The van der Waals surface area contributed by atoms with Crippen LogP contribution in [-0.4, -0.2) is 43.0 Å². The Morgan fingerprint density at radius 3 is 2.58 bits per heavy atom. The van der Waals surface area contributed by atoms with Crippen LogP contribution in [0.15, 0.2) is 29.2 Å². The zero-order valence-corrected chi connectivity index (χ0v) is 17.5. The first-order chi connectivity index (χ1) is 15.1. The minimum absolute atomic E-state index is 0.109. The molecule has 0 amide bonds. The van der Waals surface area contributed by atoms with E-state index in [0.29, 0.717) is 40.1 Å². The van der Waals surface area contributed by atoms with Crippen molar-refractivity contribution in [2.24, 2.45) is 0 Å². The number of hydrogen-bond donors (Lipinski definition) is 2. The van der Waals surface area contributed by atoms with E-state index in [0.717, 1.165) is 42.9 Å². The molecule has 3 N–H and O–H groups in total. The number of fused-ring (bicyclic) bond motifs is 1. The second kappa shape index (κ2) is 6.84. The number of aromatic nitrogens is 6. The molecule has 4 aromatic heterocycles. The van der Waals surface area contributed by atoms with E-state index in [2.05, 4.69) is 46.4 Å². The van der Waals surface area contributed by atoms with E-state index >= 15 is 0 Å². The van der Waals surface area contributed by atoms with Crippen LogP contribution in [0.1, 0.15) is 55.9 Å². The van der Waals surface area contributed by atoms with Gasteiger partial charge in [0.05, 0.1) is 16.6 Å². The van der Waals surface area contributed by atoms with Crippen LogP contribution < -0.4 is 11.1 Å². The van der Waals surface area contributed by atoms with E-state index in [1.165, 1.54) is 11.9 Å². The molecule has 9 nitrogen and oxygen atoms in total. The second-order valence-electron chi connectivity index (χ2n) is 8.72. The van der Waals surface area contributed by atoms with Crippen LogP contribution in [0.4, 0.5) is 5.82 Å². The third-order valence-electron chi connectivity index (χ3n) is 6.19. The van der Waals surface area contributed by atoms with Crippen molar-refractivity contribution in [1.82, 2.24) is 35.2 Å². The summed E-state index contributed by atoms with van der Waals surface area (Å²) in [5.74, 6) is 2.17. The van der Waals surface area contributed by atoms with Crippen molar-refractivity contribution < 1.29 is 4.52 Å². The fourth-order valence-electron chi connectivity index (χ4n) is 4.18. The average molecular weight is 416 g/mol. The first-order valence-electron chi connectivity index (χ1n) is 10.8. The van der Waals surface area contributed by atoms with Crippen molar-refractivity contribution in [2.45, 2.75) is 44.6 Å². The lowest BCUT2D eigenvalue weighted by Crippen LogP contribution is -2.39. The lowest BCUT2D eigenvalue weighted by atomic mass is 9.94. The monoisotopic (exact) mass is 416 g/mol. The number of nitrogen functional groups attached to an aromatic ring is 1. The van der Waals surface area contributed by atoms with Gasteiger partial charge in [-0.1, -0.05) is 11.2 Å². The first kappa shape index (κ1) is 18.4. The third-order valence-corrected chi connectivity index (χ3v) is 6.19. The average Bonchev–Trinajstić information content (AvgIpc) is 3.34. The van der Waals surface area contributed by atoms with Crippen LogP contribution in [0.2, 0.25) is 0 Å². The van der Waals surface area contributed by atoms with Crippen molar-refractivity contribution in [3.8, 4) is 22.6 Å². The standard InChI is InChI=1S/C22H24N8O/c1-11(2)30-22-17(21(23)26-10-27-22)18(28-30)19-16(20(31-29-19)12-3-4-12)15-6-5-13(9-25-15)14-7-24-8-14/h5-6,9-12,14,24H,3-4,7-8H2,1-2H3,(H2,23,26,27). The van der Waals surface area contributed by atoms with Gasteiger partial charge in [0, 0.05) is 37.2 Å². The zero-order chi connectivity index (χ0) is 21.1. The topological polar surface area (TPSA) is 121 Å². The normalized spacial score (nSPS) is 16.9. The number of nitrogens with zero attached hydrogens (tertiary/aromatic N) is 6. The highest BCUT2D eigenvalue weighted by Crippen LogP contribution is 2.48. The van der Waals surface area contributed by atoms with Crippen LogP contribution in [-0.2, 0) is 0 Å². The number of pyridine rings is 1. The predicted molar refractivity (Wildman–Crippen MR) is 116 cm³/mol. The van der Waals surface area contributed by atoms with E-state index in [1.807, 2.05) is 10.9 Å². The molecule has 0 radical (unpaired) electrons. The molecule has 4 aromatic rings. The number of hydrogen-bond acceptors (Lipinski definition) is 8. The van der Waals surface area contributed by atoms with Gasteiger partial charge in [-0.05, 0) is 38.3 Å². The molecule has 6 rings (SSSR count). The number of nitrogens with one attached hydrogen (secondary N) is 1. The summed E-state index contributed by atoms with van der Waals surface area (Å²) in [4.78, 5) is 13.4. The molecule has 158 valence electrons. The van der Waals surface area contributed by atoms with E-state index in [4.69, 9.17) is 20.3 Å². The quantitative estimate of drug-likeness (QED) is 0.508. The highest BCUT2D eigenvalue weighted by molar-refractivity contribution is 6.00. The Kier molecular flexibility index (Phi) is 4.07. The number of rotatable bonds is 5. The van der Waals surface area contributed by atoms with E-state index in [9.17, 15) is 0 Å². The second-order valence-corrected chi connectivity index (χ2v) is 8.72. The van der Waals surface area contributed by atoms with E-state index < -0.39 is 0 Å². The fourth-order valence-corrected chi connectivity index (χ4v) is 4.18. The predicted octanol–water partition coefficient (Wildman–Crippen LogP) is 3.27. The maximum Gasteiger partial charge on any atom is 0.164 e. The van der Waals surface area contributed by atoms with Gasteiger partial charge in [0.25, 0.3) is 0 Å². The van der Waals surface area contributed by atoms with E-state index in [-0.39, 0.29) is 6.04 Å². The molecule has 0 spiro atoms. The van der Waals surface area contributed by atoms with Gasteiger partial charge in [-0.15, -0.1) is 0 Å². The van der Waals surface area contributed by atoms with Crippen LogP contribution in [0.5, 0.6) is 0 Å². The van der Waals surface area contributed by atoms with Gasteiger partial charge in [0.2, 0.25) is 0 Å². The smallest absolute Gasteiger partial charge is 0.164 e. The number of anilines is 1. The van der Waals surface area contributed by atoms with Gasteiger partial charge in [-0.25, -0.2) is 14.6 Å². The van der Waals surface area contributed by atoms with Crippen LogP contribution in [0.3, 0.4) is 0 Å². The fraction of sp³-hybridized carbons (Fsp3) is 0.409. The van der Waals surface area contributed by atoms with Gasteiger partial charge in [-0.3, -0.25) is 4.98 Å². The molecule has 0 unspecified atom stereocenters. The van der Waals surface area contributed by atoms with Crippen molar-refractivity contribution in [2.75, 3.05) is 18.8 Å². The molecule has 9 heteroatoms. The summed E-state index contributed by atoms with van der Waals surface area (Å²) in [5, 5.41) is 13.3. The Hall–Kier alpha value is -3.33. The number of nitrogens with two attached hydrogens (primary N) is 1. The molecule has 2 aliphatic rings. The van der Waals surface area contributed by atoms with Gasteiger partial charge < -0.3 is 15.6 Å². The minimum Gasteiger partial charge on any atom is -0.383 e. The van der Waals surface area contributed by atoms with Crippen molar-refractivity contribution >= 4 is 16.9 Å². The first-order valence-corrected chi connectivity index (χ1v) is 10.8. The summed E-state index contributed by atoms with van der Waals surface area (Å²) in [6.45, 7) is 6.13. The summed E-state index contributed by atoms with van der Waals surface area (Å²) >= 11 is 0. The minimum atomic E-state index is 0.109. The van der Waals surface area contributed by atoms with Crippen molar-refractivity contribution in [3.05, 3.63) is 36.0 Å². The molecule has 0 atom stereocenters. The Bertz CT molecular complexity index is 1260. The highest BCUT2D eigenvalue weighted by Gasteiger charge is 2.35. The highest BCUT2D eigenvalue weighted by atomic mass is 16.5. The van der Waals surface area contributed by atoms with Crippen LogP contribution >= 0.6 is 0 Å². The van der Waals surface area contributed by atoms with Crippen LogP contribution in [0.25, 0.3) is 33.7 Å². The summed E-state index contributed by atoms with van der Waals surface area (Å²) < 4.78 is 7.73. The molecule has 1 saturated carbocycles. The summed E-state index contributed by atoms with van der Waals surface area (Å²) in [5.41, 5.74) is 11.2. The van der Waals surface area contributed by atoms with Crippen LogP contribution in [0, 0.1) is 0 Å². The molecule has 5 heterocycles. The Morgan fingerprint density at radius 1 is 1.10 bits per heavy atom. The lowest BCUT2D eigenvalue weighted by molar-refractivity contribution is 0.386. The SMILES string of the molecule is CC(C)n1nc(-c2noc(C3CC3)c2-c2ccc(C3CNC3)cn2)c2c(N)ncnc21. The third kappa shape index (κ3) is 2.91. The maximum absolute atomic E-state index is 6.27.